The highest BCUT2D eigenvalue weighted by Gasteiger charge is 2.41. The van der Waals surface area contributed by atoms with E-state index in [2.05, 4.69) is 15.9 Å². The smallest absolute Gasteiger partial charge is 0.411 e. The molecule has 23 heavy (non-hydrogen) atoms. The van der Waals surface area contributed by atoms with Gasteiger partial charge in [-0.15, -0.1) is 0 Å². The lowest BCUT2D eigenvalue weighted by atomic mass is 9.97. The summed E-state index contributed by atoms with van der Waals surface area (Å²) in [5.74, 6) is -0.882. The van der Waals surface area contributed by atoms with Crippen molar-refractivity contribution in [1.82, 2.24) is 4.90 Å². The minimum atomic E-state index is -0.981. The van der Waals surface area contributed by atoms with Gasteiger partial charge in [0.25, 0.3) is 0 Å². The first-order valence-electron chi connectivity index (χ1n) is 7.63. The normalized spacial score (nSPS) is 21.3. The van der Waals surface area contributed by atoms with E-state index < -0.39 is 23.7 Å². The van der Waals surface area contributed by atoms with Gasteiger partial charge in [0.1, 0.15) is 11.6 Å². The zero-order chi connectivity index (χ0) is 17.2. The third-order valence-corrected chi connectivity index (χ3v) is 4.54. The molecule has 6 heteroatoms. The molecule has 1 amide bonds. The van der Waals surface area contributed by atoms with Crippen LogP contribution in [-0.4, -0.2) is 40.3 Å². The van der Waals surface area contributed by atoms with E-state index in [1.165, 1.54) is 4.90 Å². The fourth-order valence-electron chi connectivity index (χ4n) is 2.80. The molecule has 0 saturated carbocycles. The SMILES string of the molecule is CC(C)(C)OC(=O)N1CC(Cc2ccccc2Br)CC1C(=O)O. The summed E-state index contributed by atoms with van der Waals surface area (Å²) in [6, 6.07) is 7.04. The number of amides is 1. The summed E-state index contributed by atoms with van der Waals surface area (Å²) >= 11 is 3.51. The number of aliphatic carboxylic acids is 1. The molecular weight excluding hydrogens is 362 g/mol. The van der Waals surface area contributed by atoms with Crippen LogP contribution in [0.15, 0.2) is 28.7 Å². The number of benzene rings is 1. The molecule has 1 aromatic rings. The van der Waals surface area contributed by atoms with Gasteiger partial charge in [-0.1, -0.05) is 34.1 Å². The summed E-state index contributed by atoms with van der Waals surface area (Å²) in [6.07, 6.45) is 0.611. The van der Waals surface area contributed by atoms with Crippen LogP contribution in [0.3, 0.4) is 0 Å². The number of likely N-dealkylation sites (tertiary alicyclic amines) is 1. The van der Waals surface area contributed by atoms with Crippen LogP contribution in [0.5, 0.6) is 0 Å². The average Bonchev–Trinajstić information content (AvgIpc) is 2.84. The second-order valence-corrected chi connectivity index (χ2v) is 7.74. The lowest BCUT2D eigenvalue weighted by molar-refractivity contribution is -0.142. The average molecular weight is 384 g/mol. The van der Waals surface area contributed by atoms with E-state index in [1.54, 1.807) is 20.8 Å². The van der Waals surface area contributed by atoms with E-state index >= 15 is 0 Å². The molecule has 2 rings (SSSR count). The van der Waals surface area contributed by atoms with Crippen molar-refractivity contribution in [2.75, 3.05) is 6.54 Å². The topological polar surface area (TPSA) is 66.8 Å². The van der Waals surface area contributed by atoms with Crippen molar-refractivity contribution in [3.05, 3.63) is 34.3 Å². The van der Waals surface area contributed by atoms with Crippen LogP contribution < -0.4 is 0 Å². The predicted octanol–water partition coefficient (Wildman–Crippen LogP) is 3.70. The third kappa shape index (κ3) is 4.70. The minimum absolute atomic E-state index is 0.0994. The van der Waals surface area contributed by atoms with Gasteiger partial charge in [-0.05, 0) is 51.2 Å². The molecule has 0 aromatic heterocycles. The van der Waals surface area contributed by atoms with Crippen LogP contribution in [-0.2, 0) is 16.0 Å². The second kappa shape index (κ2) is 6.91. The number of carbonyl (C=O) groups is 2. The van der Waals surface area contributed by atoms with Gasteiger partial charge in [-0.2, -0.15) is 0 Å². The van der Waals surface area contributed by atoms with Gasteiger partial charge >= 0.3 is 12.1 Å². The number of carboxylic acids is 1. The van der Waals surface area contributed by atoms with Crippen molar-refractivity contribution >= 4 is 28.0 Å². The molecule has 0 bridgehead atoms. The van der Waals surface area contributed by atoms with Gasteiger partial charge < -0.3 is 9.84 Å². The van der Waals surface area contributed by atoms with Gasteiger partial charge in [-0.25, -0.2) is 9.59 Å². The van der Waals surface area contributed by atoms with Crippen molar-refractivity contribution in [2.24, 2.45) is 5.92 Å². The summed E-state index contributed by atoms with van der Waals surface area (Å²) in [5.41, 5.74) is 0.480. The highest BCUT2D eigenvalue weighted by atomic mass is 79.9. The molecule has 1 aliphatic rings. The van der Waals surface area contributed by atoms with Gasteiger partial charge in [0.2, 0.25) is 0 Å². The molecule has 1 fully saturated rings. The molecule has 0 aliphatic carbocycles. The number of carboxylic acid groups (broad SMARTS) is 1. The lowest BCUT2D eigenvalue weighted by Gasteiger charge is -2.26. The third-order valence-electron chi connectivity index (χ3n) is 3.77. The minimum Gasteiger partial charge on any atom is -0.480 e. The largest absolute Gasteiger partial charge is 0.480 e. The quantitative estimate of drug-likeness (QED) is 0.863. The van der Waals surface area contributed by atoms with Gasteiger partial charge in [0.15, 0.2) is 0 Å². The summed E-state index contributed by atoms with van der Waals surface area (Å²) in [4.78, 5) is 25.1. The maximum absolute atomic E-state index is 12.3. The van der Waals surface area contributed by atoms with Gasteiger partial charge in [-0.3, -0.25) is 4.90 Å². The number of hydrogen-bond acceptors (Lipinski definition) is 3. The maximum Gasteiger partial charge on any atom is 0.411 e. The monoisotopic (exact) mass is 383 g/mol. The first-order chi connectivity index (χ1) is 10.7. The molecular formula is C17H22BrNO4. The number of rotatable bonds is 3. The zero-order valence-electron chi connectivity index (χ0n) is 13.6. The highest BCUT2D eigenvalue weighted by Crippen LogP contribution is 2.30. The van der Waals surface area contributed by atoms with E-state index in [1.807, 2.05) is 24.3 Å². The van der Waals surface area contributed by atoms with E-state index in [0.717, 1.165) is 16.5 Å². The lowest BCUT2D eigenvalue weighted by Crippen LogP contribution is -2.43. The molecule has 126 valence electrons. The van der Waals surface area contributed by atoms with Crippen molar-refractivity contribution < 1.29 is 19.4 Å². The number of carbonyl (C=O) groups excluding carboxylic acids is 1. The predicted molar refractivity (Wildman–Crippen MR) is 90.3 cm³/mol. The Balaban J connectivity index is 2.10. The Kier molecular flexibility index (Phi) is 5.34. The molecule has 0 spiro atoms. The summed E-state index contributed by atoms with van der Waals surface area (Å²) in [7, 11) is 0. The molecule has 1 N–H and O–H groups in total. The molecule has 1 aliphatic heterocycles. The van der Waals surface area contributed by atoms with Gasteiger partial charge in [0, 0.05) is 11.0 Å². The Morgan fingerprint density at radius 1 is 1.35 bits per heavy atom. The van der Waals surface area contributed by atoms with Crippen LogP contribution in [0.1, 0.15) is 32.8 Å². The Bertz CT molecular complexity index is 597. The molecule has 0 radical (unpaired) electrons. The van der Waals surface area contributed by atoms with Crippen LogP contribution in [0.2, 0.25) is 0 Å². The summed E-state index contributed by atoms with van der Waals surface area (Å²) in [5, 5.41) is 9.41. The zero-order valence-corrected chi connectivity index (χ0v) is 15.2. The Labute approximate surface area is 144 Å². The van der Waals surface area contributed by atoms with E-state index in [4.69, 9.17) is 4.74 Å². The number of ether oxygens (including phenoxy) is 1. The van der Waals surface area contributed by atoms with E-state index in [-0.39, 0.29) is 5.92 Å². The molecule has 1 aromatic carbocycles. The molecule has 2 unspecified atom stereocenters. The number of nitrogens with zero attached hydrogens (tertiary/aromatic N) is 1. The second-order valence-electron chi connectivity index (χ2n) is 6.88. The molecule has 1 heterocycles. The summed E-state index contributed by atoms with van der Waals surface area (Å²) in [6.45, 7) is 5.72. The van der Waals surface area contributed by atoms with Crippen molar-refractivity contribution in [3.63, 3.8) is 0 Å². The Hall–Kier alpha value is -1.56. The van der Waals surface area contributed by atoms with Gasteiger partial charge in [0.05, 0.1) is 0 Å². The highest BCUT2D eigenvalue weighted by molar-refractivity contribution is 9.10. The van der Waals surface area contributed by atoms with Crippen LogP contribution in [0.4, 0.5) is 4.79 Å². The van der Waals surface area contributed by atoms with E-state index in [9.17, 15) is 14.7 Å². The number of halogens is 1. The molecule has 2 atom stereocenters. The molecule has 5 nitrogen and oxygen atoms in total. The maximum atomic E-state index is 12.3. The summed E-state index contributed by atoms with van der Waals surface area (Å²) < 4.78 is 6.34. The first-order valence-corrected chi connectivity index (χ1v) is 8.42. The van der Waals surface area contributed by atoms with Crippen LogP contribution in [0, 0.1) is 5.92 Å². The van der Waals surface area contributed by atoms with Crippen LogP contribution >= 0.6 is 15.9 Å². The van der Waals surface area contributed by atoms with Crippen LogP contribution in [0.25, 0.3) is 0 Å². The standard InChI is InChI=1S/C17H22BrNO4/c1-17(2,3)23-16(22)19-10-11(9-14(19)15(20)21)8-12-6-4-5-7-13(12)18/h4-7,11,14H,8-10H2,1-3H3,(H,20,21). The Morgan fingerprint density at radius 3 is 2.57 bits per heavy atom. The fourth-order valence-corrected chi connectivity index (χ4v) is 3.25. The van der Waals surface area contributed by atoms with E-state index in [0.29, 0.717) is 13.0 Å². The Morgan fingerprint density at radius 2 is 2.00 bits per heavy atom. The number of hydrogen-bond donors (Lipinski definition) is 1. The van der Waals surface area contributed by atoms with Crippen molar-refractivity contribution in [2.45, 2.75) is 45.3 Å². The fraction of sp³-hybridized carbons (Fsp3) is 0.529. The first kappa shape index (κ1) is 17.8. The van der Waals surface area contributed by atoms with Crippen molar-refractivity contribution in [3.8, 4) is 0 Å². The van der Waals surface area contributed by atoms with Crippen molar-refractivity contribution in [1.29, 1.82) is 0 Å². The molecule has 1 saturated heterocycles.